The average molecular weight is 234 g/mol. The van der Waals surface area contributed by atoms with E-state index in [2.05, 4.69) is 43.9 Å². The summed E-state index contributed by atoms with van der Waals surface area (Å²) in [6.07, 6.45) is 4.19. The molecule has 0 atom stereocenters. The first kappa shape index (κ1) is 11.9. The van der Waals surface area contributed by atoms with Gasteiger partial charge in [-0.05, 0) is 18.4 Å². The van der Waals surface area contributed by atoms with Crippen molar-refractivity contribution in [3.63, 3.8) is 0 Å². The molecule has 1 fully saturated rings. The van der Waals surface area contributed by atoms with Gasteiger partial charge in [0.05, 0.1) is 13.7 Å². The van der Waals surface area contributed by atoms with E-state index in [1.807, 2.05) is 0 Å². The van der Waals surface area contributed by atoms with E-state index < -0.39 is 13.7 Å². The molecule has 0 amide bonds. The summed E-state index contributed by atoms with van der Waals surface area (Å²) in [4.78, 5) is 0. The Morgan fingerprint density at radius 2 is 1.75 bits per heavy atom. The lowest BCUT2D eigenvalue weighted by atomic mass is 9.92. The van der Waals surface area contributed by atoms with E-state index in [1.165, 1.54) is 5.19 Å². The van der Waals surface area contributed by atoms with Gasteiger partial charge in [0.2, 0.25) is 0 Å². The SMILES string of the molecule is C[Si](C)(C)c1cccc(C2(O)CCCC2)c1. The molecule has 0 bridgehead atoms. The van der Waals surface area contributed by atoms with Crippen molar-refractivity contribution in [2.24, 2.45) is 0 Å². The molecule has 1 aliphatic carbocycles. The first-order valence-corrected chi connectivity index (χ1v) is 9.75. The van der Waals surface area contributed by atoms with Crippen LogP contribution in [0.4, 0.5) is 0 Å². The summed E-state index contributed by atoms with van der Waals surface area (Å²) in [6, 6.07) is 8.67. The third-order valence-corrected chi connectivity index (χ3v) is 5.74. The Kier molecular flexibility index (Phi) is 2.97. The third-order valence-electron chi connectivity index (χ3n) is 3.70. The molecule has 2 heteroatoms. The molecule has 1 aromatic carbocycles. The highest BCUT2D eigenvalue weighted by atomic mass is 28.3. The van der Waals surface area contributed by atoms with Crippen molar-refractivity contribution in [1.82, 2.24) is 0 Å². The largest absolute Gasteiger partial charge is 0.385 e. The lowest BCUT2D eigenvalue weighted by Gasteiger charge is -2.25. The molecular weight excluding hydrogens is 212 g/mol. The summed E-state index contributed by atoms with van der Waals surface area (Å²) in [6.45, 7) is 7.06. The highest BCUT2D eigenvalue weighted by Crippen LogP contribution is 2.38. The molecule has 0 unspecified atom stereocenters. The van der Waals surface area contributed by atoms with Gasteiger partial charge < -0.3 is 5.11 Å². The fourth-order valence-electron chi connectivity index (χ4n) is 2.52. The fraction of sp³-hybridized carbons (Fsp3) is 0.571. The van der Waals surface area contributed by atoms with E-state index in [4.69, 9.17) is 0 Å². The second-order valence-electron chi connectivity index (χ2n) is 6.07. The number of aliphatic hydroxyl groups is 1. The minimum atomic E-state index is -1.26. The highest BCUT2D eigenvalue weighted by molar-refractivity contribution is 6.88. The maximum absolute atomic E-state index is 10.6. The van der Waals surface area contributed by atoms with Crippen LogP contribution >= 0.6 is 0 Å². The standard InChI is InChI=1S/C14H22OSi/c1-16(2,3)13-8-6-7-12(11-13)14(15)9-4-5-10-14/h6-8,11,15H,4-5,9-10H2,1-3H3. The smallest absolute Gasteiger partial charge is 0.0896 e. The van der Waals surface area contributed by atoms with E-state index in [-0.39, 0.29) is 0 Å². The van der Waals surface area contributed by atoms with Crippen molar-refractivity contribution in [2.75, 3.05) is 0 Å². The van der Waals surface area contributed by atoms with Gasteiger partial charge >= 0.3 is 0 Å². The van der Waals surface area contributed by atoms with Crippen LogP contribution in [0.3, 0.4) is 0 Å². The monoisotopic (exact) mass is 234 g/mol. The van der Waals surface area contributed by atoms with E-state index in [0.29, 0.717) is 0 Å². The molecule has 0 heterocycles. The normalized spacial score (nSPS) is 20.0. The molecule has 0 aromatic heterocycles. The fourth-order valence-corrected chi connectivity index (χ4v) is 3.71. The summed E-state index contributed by atoms with van der Waals surface area (Å²) in [5.74, 6) is 0. The Labute approximate surface area is 99.5 Å². The second kappa shape index (κ2) is 4.01. The minimum absolute atomic E-state index is 0.532. The maximum Gasteiger partial charge on any atom is 0.0896 e. The molecule has 2 rings (SSSR count). The van der Waals surface area contributed by atoms with Crippen LogP contribution < -0.4 is 5.19 Å². The Balaban J connectivity index is 2.36. The minimum Gasteiger partial charge on any atom is -0.385 e. The van der Waals surface area contributed by atoms with Crippen molar-refractivity contribution >= 4 is 13.3 Å². The van der Waals surface area contributed by atoms with Crippen LogP contribution in [0.2, 0.25) is 19.6 Å². The molecule has 1 saturated carbocycles. The zero-order chi connectivity index (χ0) is 11.8. The lowest BCUT2D eigenvalue weighted by molar-refractivity contribution is 0.0445. The Morgan fingerprint density at radius 3 is 2.31 bits per heavy atom. The summed E-state index contributed by atoms with van der Waals surface area (Å²) in [5.41, 5.74) is 0.611. The van der Waals surface area contributed by atoms with Gasteiger partial charge in [0.25, 0.3) is 0 Å². The molecule has 1 nitrogen and oxygen atoms in total. The predicted octanol–water partition coefficient (Wildman–Crippen LogP) is 2.99. The molecule has 0 radical (unpaired) electrons. The van der Waals surface area contributed by atoms with Gasteiger partial charge in [-0.3, -0.25) is 0 Å². The van der Waals surface area contributed by atoms with Gasteiger partial charge in [-0.15, -0.1) is 0 Å². The Morgan fingerprint density at radius 1 is 1.12 bits per heavy atom. The van der Waals surface area contributed by atoms with E-state index in [1.54, 1.807) is 0 Å². The molecule has 88 valence electrons. The molecule has 16 heavy (non-hydrogen) atoms. The highest BCUT2D eigenvalue weighted by Gasteiger charge is 2.33. The molecular formula is C14H22OSi. The Hall–Kier alpha value is -0.603. The number of hydrogen-bond donors (Lipinski definition) is 1. The molecule has 1 N–H and O–H groups in total. The van der Waals surface area contributed by atoms with Gasteiger partial charge in [-0.25, -0.2) is 0 Å². The van der Waals surface area contributed by atoms with Crippen LogP contribution in [0.15, 0.2) is 24.3 Å². The number of rotatable bonds is 2. The van der Waals surface area contributed by atoms with Crippen LogP contribution in [-0.2, 0) is 5.60 Å². The van der Waals surface area contributed by atoms with Crippen molar-refractivity contribution in [3.05, 3.63) is 29.8 Å². The van der Waals surface area contributed by atoms with Gasteiger partial charge in [-0.1, -0.05) is 61.9 Å². The maximum atomic E-state index is 10.6. The molecule has 1 aliphatic rings. The van der Waals surface area contributed by atoms with Gasteiger partial charge in [0, 0.05) is 0 Å². The quantitative estimate of drug-likeness (QED) is 0.780. The van der Waals surface area contributed by atoms with Gasteiger partial charge in [-0.2, -0.15) is 0 Å². The van der Waals surface area contributed by atoms with Crippen molar-refractivity contribution in [1.29, 1.82) is 0 Å². The average Bonchev–Trinajstić information content (AvgIpc) is 2.66. The predicted molar refractivity (Wildman–Crippen MR) is 71.8 cm³/mol. The number of benzene rings is 1. The van der Waals surface area contributed by atoms with E-state index in [9.17, 15) is 5.11 Å². The van der Waals surface area contributed by atoms with Crippen molar-refractivity contribution < 1.29 is 5.11 Å². The molecule has 0 saturated heterocycles. The van der Waals surface area contributed by atoms with Crippen LogP contribution in [0.1, 0.15) is 31.2 Å². The molecule has 0 aliphatic heterocycles. The zero-order valence-electron chi connectivity index (χ0n) is 10.6. The zero-order valence-corrected chi connectivity index (χ0v) is 11.6. The number of hydrogen-bond acceptors (Lipinski definition) is 1. The third kappa shape index (κ3) is 2.23. The first-order chi connectivity index (χ1) is 7.42. The van der Waals surface area contributed by atoms with E-state index in [0.717, 1.165) is 31.2 Å². The first-order valence-electron chi connectivity index (χ1n) is 6.25. The van der Waals surface area contributed by atoms with Crippen LogP contribution in [0, 0.1) is 0 Å². The second-order valence-corrected chi connectivity index (χ2v) is 11.1. The summed E-state index contributed by atoms with van der Waals surface area (Å²) < 4.78 is 0. The summed E-state index contributed by atoms with van der Waals surface area (Å²) in [7, 11) is -1.26. The van der Waals surface area contributed by atoms with Gasteiger partial charge in [0.15, 0.2) is 0 Å². The molecule has 1 aromatic rings. The summed E-state index contributed by atoms with van der Waals surface area (Å²) in [5, 5.41) is 12.0. The topological polar surface area (TPSA) is 20.2 Å². The lowest BCUT2D eigenvalue weighted by Crippen LogP contribution is -2.38. The van der Waals surface area contributed by atoms with Gasteiger partial charge in [0.1, 0.15) is 0 Å². The van der Waals surface area contributed by atoms with Crippen LogP contribution in [-0.4, -0.2) is 13.2 Å². The van der Waals surface area contributed by atoms with Crippen LogP contribution in [0.25, 0.3) is 0 Å². The van der Waals surface area contributed by atoms with Crippen molar-refractivity contribution in [3.8, 4) is 0 Å². The van der Waals surface area contributed by atoms with Crippen LogP contribution in [0.5, 0.6) is 0 Å². The molecule has 0 spiro atoms. The Bertz CT molecular complexity index is 373. The van der Waals surface area contributed by atoms with Crippen molar-refractivity contribution in [2.45, 2.75) is 50.9 Å². The summed E-state index contributed by atoms with van der Waals surface area (Å²) >= 11 is 0. The van der Waals surface area contributed by atoms with E-state index >= 15 is 0 Å².